The summed E-state index contributed by atoms with van der Waals surface area (Å²) < 4.78 is 11.4. The number of nitrogens with zero attached hydrogens (tertiary/aromatic N) is 3. The molecule has 1 amide bonds. The van der Waals surface area contributed by atoms with Crippen molar-refractivity contribution in [3.05, 3.63) is 54.1 Å². The zero-order chi connectivity index (χ0) is 23.0. The Kier molecular flexibility index (Phi) is 8.17. The van der Waals surface area contributed by atoms with E-state index in [1.54, 1.807) is 0 Å². The van der Waals surface area contributed by atoms with Gasteiger partial charge in [-0.25, -0.2) is 5.06 Å². The van der Waals surface area contributed by atoms with Crippen LogP contribution >= 0.6 is 0 Å². The summed E-state index contributed by atoms with van der Waals surface area (Å²) in [5.74, 6) is 0.594. The molecule has 0 aliphatic carbocycles. The van der Waals surface area contributed by atoms with E-state index < -0.39 is 0 Å². The van der Waals surface area contributed by atoms with Crippen LogP contribution in [0.4, 0.5) is 11.4 Å². The highest BCUT2D eigenvalue weighted by molar-refractivity contribution is 5.77. The fourth-order valence-corrected chi connectivity index (χ4v) is 4.00. The molecule has 4 rings (SSSR count). The largest absolute Gasteiger partial charge is 0.490 e. The third-order valence-corrected chi connectivity index (χ3v) is 6.14. The van der Waals surface area contributed by atoms with Crippen LogP contribution in [0.15, 0.2) is 48.5 Å². The van der Waals surface area contributed by atoms with Crippen LogP contribution in [0, 0.1) is 0 Å². The fraction of sp³-hybridized carbons (Fsp3) is 0.480. The van der Waals surface area contributed by atoms with E-state index in [1.807, 2.05) is 48.5 Å². The number of carbonyl (C=O) groups is 1. The molecule has 0 unspecified atom stereocenters. The lowest BCUT2D eigenvalue weighted by molar-refractivity contribution is -0.169. The van der Waals surface area contributed by atoms with Crippen LogP contribution in [0.5, 0.6) is 5.75 Å². The normalized spacial score (nSPS) is 18.1. The molecule has 0 spiro atoms. The van der Waals surface area contributed by atoms with Gasteiger partial charge in [-0.3, -0.25) is 14.9 Å². The number of carbonyl (C=O) groups excluding carboxylic acids is 1. The molecular formula is C25H34N4O4. The number of hydrogen-bond donors (Lipinski definition) is 2. The number of anilines is 2. The monoisotopic (exact) mass is 454 g/mol. The number of ether oxygens (including phenoxy) is 2. The topological polar surface area (TPSA) is 77.5 Å². The second-order valence-corrected chi connectivity index (χ2v) is 8.81. The Labute approximate surface area is 195 Å². The number of hydroxylamine groups is 2. The van der Waals surface area contributed by atoms with Crippen LogP contribution in [-0.4, -0.2) is 85.1 Å². The number of benzene rings is 2. The van der Waals surface area contributed by atoms with Crippen molar-refractivity contribution in [3.8, 4) is 5.75 Å². The van der Waals surface area contributed by atoms with E-state index in [0.29, 0.717) is 0 Å². The van der Waals surface area contributed by atoms with Gasteiger partial charge in [0.1, 0.15) is 11.9 Å². The first kappa shape index (κ1) is 23.5. The smallest absolute Gasteiger partial charge is 0.260 e. The molecule has 0 atom stereocenters. The van der Waals surface area contributed by atoms with Gasteiger partial charge in [-0.2, -0.15) is 0 Å². The molecule has 0 bridgehead atoms. The van der Waals surface area contributed by atoms with E-state index in [2.05, 4.69) is 22.2 Å². The van der Waals surface area contributed by atoms with Gasteiger partial charge in [0, 0.05) is 50.4 Å². The highest BCUT2D eigenvalue weighted by Gasteiger charge is 2.20. The van der Waals surface area contributed by atoms with Gasteiger partial charge >= 0.3 is 0 Å². The Morgan fingerprint density at radius 3 is 2.27 bits per heavy atom. The Bertz CT molecular complexity index is 876. The van der Waals surface area contributed by atoms with Gasteiger partial charge in [0.05, 0.1) is 26.3 Å². The first-order chi connectivity index (χ1) is 16.0. The lowest BCUT2D eigenvalue weighted by Gasteiger charge is -2.32. The minimum Gasteiger partial charge on any atom is -0.490 e. The molecular weight excluding hydrogens is 420 g/mol. The van der Waals surface area contributed by atoms with Crippen molar-refractivity contribution in [2.45, 2.75) is 25.5 Å². The van der Waals surface area contributed by atoms with E-state index in [9.17, 15) is 10.0 Å². The molecule has 0 radical (unpaired) electrons. The van der Waals surface area contributed by atoms with E-state index in [-0.39, 0.29) is 25.1 Å². The average Bonchev–Trinajstić information content (AvgIpc) is 2.83. The number of likely N-dealkylation sites (N-methyl/N-ethyl adjacent to an activating group) is 1. The lowest BCUT2D eigenvalue weighted by Crippen LogP contribution is -2.48. The molecule has 2 saturated heterocycles. The summed E-state index contributed by atoms with van der Waals surface area (Å²) in [4.78, 5) is 16.7. The van der Waals surface area contributed by atoms with Crippen LogP contribution in [-0.2, 0) is 16.1 Å². The second-order valence-electron chi connectivity index (χ2n) is 8.81. The molecule has 2 heterocycles. The standard InChI is InChI=1S/C25H34N4O4/c1-27-12-14-28(15-13-27)19-25(30)29(31)18-20-2-4-21(5-3-20)26-22-6-8-23(9-7-22)33-24-10-16-32-17-11-24/h2-9,24,26,31H,10-19H2,1H3. The molecule has 2 aromatic rings. The van der Waals surface area contributed by atoms with Crippen molar-refractivity contribution in [1.29, 1.82) is 0 Å². The van der Waals surface area contributed by atoms with Gasteiger partial charge in [0.25, 0.3) is 5.91 Å². The first-order valence-electron chi connectivity index (χ1n) is 11.7. The molecule has 178 valence electrons. The van der Waals surface area contributed by atoms with Gasteiger partial charge in [-0.1, -0.05) is 12.1 Å². The van der Waals surface area contributed by atoms with E-state index >= 15 is 0 Å². The Hall–Kier alpha value is -2.65. The summed E-state index contributed by atoms with van der Waals surface area (Å²) in [5, 5.41) is 14.4. The zero-order valence-electron chi connectivity index (χ0n) is 19.3. The van der Waals surface area contributed by atoms with Crippen molar-refractivity contribution in [1.82, 2.24) is 14.9 Å². The van der Waals surface area contributed by atoms with E-state index in [4.69, 9.17) is 9.47 Å². The summed E-state index contributed by atoms with van der Waals surface area (Å²) >= 11 is 0. The van der Waals surface area contributed by atoms with Crippen molar-refractivity contribution in [2.75, 3.05) is 58.3 Å². The first-order valence-corrected chi connectivity index (χ1v) is 11.7. The third kappa shape index (κ3) is 7.17. The van der Waals surface area contributed by atoms with Gasteiger partial charge in [0.15, 0.2) is 0 Å². The number of piperazine rings is 1. The van der Waals surface area contributed by atoms with Gasteiger partial charge in [-0.15, -0.1) is 0 Å². The maximum absolute atomic E-state index is 12.4. The van der Waals surface area contributed by atoms with Crippen molar-refractivity contribution in [2.24, 2.45) is 0 Å². The van der Waals surface area contributed by atoms with Gasteiger partial charge in [0.2, 0.25) is 0 Å². The molecule has 2 N–H and O–H groups in total. The molecule has 0 aromatic heterocycles. The Balaban J connectivity index is 1.23. The maximum atomic E-state index is 12.4. The Morgan fingerprint density at radius 1 is 1.03 bits per heavy atom. The van der Waals surface area contributed by atoms with Crippen LogP contribution in [0.1, 0.15) is 18.4 Å². The molecule has 8 nitrogen and oxygen atoms in total. The minimum absolute atomic E-state index is 0.172. The van der Waals surface area contributed by atoms with Crippen LogP contribution in [0.3, 0.4) is 0 Å². The molecule has 2 aliphatic rings. The van der Waals surface area contributed by atoms with Crippen LogP contribution < -0.4 is 10.1 Å². The van der Waals surface area contributed by atoms with E-state index in [0.717, 1.165) is 80.0 Å². The average molecular weight is 455 g/mol. The van der Waals surface area contributed by atoms with Crippen LogP contribution in [0.25, 0.3) is 0 Å². The number of rotatable bonds is 8. The van der Waals surface area contributed by atoms with Gasteiger partial charge < -0.3 is 19.7 Å². The number of hydrogen-bond acceptors (Lipinski definition) is 7. The van der Waals surface area contributed by atoms with Crippen molar-refractivity contribution < 1.29 is 19.5 Å². The van der Waals surface area contributed by atoms with Crippen LogP contribution in [0.2, 0.25) is 0 Å². The molecule has 0 saturated carbocycles. The summed E-state index contributed by atoms with van der Waals surface area (Å²) in [6, 6.07) is 15.7. The fourth-order valence-electron chi connectivity index (χ4n) is 4.00. The van der Waals surface area contributed by atoms with Crippen molar-refractivity contribution in [3.63, 3.8) is 0 Å². The predicted octanol–water partition coefficient (Wildman–Crippen LogP) is 2.95. The highest BCUT2D eigenvalue weighted by atomic mass is 16.5. The summed E-state index contributed by atoms with van der Waals surface area (Å²) in [6.07, 6.45) is 2.09. The minimum atomic E-state index is -0.273. The SMILES string of the molecule is CN1CCN(CC(=O)N(O)Cc2ccc(Nc3ccc(OC4CCOCC4)cc3)cc2)CC1. The van der Waals surface area contributed by atoms with E-state index in [1.165, 1.54) is 0 Å². The Morgan fingerprint density at radius 2 is 1.64 bits per heavy atom. The molecule has 8 heteroatoms. The second kappa shape index (κ2) is 11.5. The summed E-state index contributed by atoms with van der Waals surface area (Å²) in [7, 11) is 2.08. The van der Waals surface area contributed by atoms with Crippen molar-refractivity contribution >= 4 is 17.3 Å². The zero-order valence-corrected chi connectivity index (χ0v) is 19.3. The highest BCUT2D eigenvalue weighted by Crippen LogP contribution is 2.23. The molecule has 2 aliphatic heterocycles. The molecule has 2 aromatic carbocycles. The number of amides is 1. The number of nitrogens with one attached hydrogen (secondary N) is 1. The third-order valence-electron chi connectivity index (χ3n) is 6.14. The molecule has 2 fully saturated rings. The maximum Gasteiger partial charge on any atom is 0.260 e. The predicted molar refractivity (Wildman–Crippen MR) is 127 cm³/mol. The van der Waals surface area contributed by atoms with Gasteiger partial charge in [-0.05, 0) is 49.0 Å². The quantitative estimate of drug-likeness (QED) is 0.469. The lowest BCUT2D eigenvalue weighted by atomic mass is 10.1. The molecule has 33 heavy (non-hydrogen) atoms. The summed E-state index contributed by atoms with van der Waals surface area (Å²) in [6.45, 7) is 5.52. The summed E-state index contributed by atoms with van der Waals surface area (Å²) in [5.41, 5.74) is 2.77.